The summed E-state index contributed by atoms with van der Waals surface area (Å²) in [4.78, 5) is 13.6. The Hall–Kier alpha value is -2.67. The third kappa shape index (κ3) is 2.78. The maximum Gasteiger partial charge on any atom is 0.258 e. The molecule has 0 saturated carbocycles. The van der Waals surface area contributed by atoms with Crippen LogP contribution < -0.4 is 4.90 Å². The van der Waals surface area contributed by atoms with Gasteiger partial charge in [-0.3, -0.25) is 4.79 Å². The number of halogens is 1. The van der Waals surface area contributed by atoms with Gasteiger partial charge in [0, 0.05) is 18.3 Å². The van der Waals surface area contributed by atoms with Crippen LogP contribution in [0.3, 0.4) is 0 Å². The first-order valence-corrected chi connectivity index (χ1v) is 5.65. The van der Waals surface area contributed by atoms with Gasteiger partial charge < -0.3 is 4.90 Å². The minimum absolute atomic E-state index is 0.247. The van der Waals surface area contributed by atoms with E-state index in [1.165, 1.54) is 35.2 Å². The lowest BCUT2D eigenvalue weighted by Gasteiger charge is -2.17. The molecule has 0 saturated heterocycles. The molecule has 0 N–H and O–H groups in total. The largest absolute Gasteiger partial charge is 0.311 e. The van der Waals surface area contributed by atoms with Gasteiger partial charge in [-0.25, -0.2) is 4.39 Å². The highest BCUT2D eigenvalue weighted by Crippen LogP contribution is 2.16. The highest BCUT2D eigenvalue weighted by atomic mass is 19.1. The van der Waals surface area contributed by atoms with Gasteiger partial charge in [-0.15, -0.1) is 0 Å². The normalized spacial score (nSPS) is 9.74. The van der Waals surface area contributed by atoms with Crippen LogP contribution in [0.4, 0.5) is 10.1 Å². The van der Waals surface area contributed by atoms with Gasteiger partial charge in [0.25, 0.3) is 5.91 Å². The minimum atomic E-state index is -0.351. The lowest BCUT2D eigenvalue weighted by atomic mass is 10.1. The Morgan fingerprint density at radius 1 is 1.21 bits per heavy atom. The van der Waals surface area contributed by atoms with Gasteiger partial charge in [0.15, 0.2) is 0 Å². The highest BCUT2D eigenvalue weighted by molar-refractivity contribution is 6.05. The Kier molecular flexibility index (Phi) is 3.58. The van der Waals surface area contributed by atoms with Crippen molar-refractivity contribution in [3.63, 3.8) is 0 Å². The molecule has 2 aromatic rings. The molecule has 0 aliphatic rings. The van der Waals surface area contributed by atoms with Gasteiger partial charge in [0.2, 0.25) is 0 Å². The van der Waals surface area contributed by atoms with Crippen molar-refractivity contribution in [2.24, 2.45) is 0 Å². The number of nitrogens with zero attached hydrogens (tertiary/aromatic N) is 2. The van der Waals surface area contributed by atoms with Crippen LogP contribution in [0, 0.1) is 17.1 Å². The molecule has 1 amide bonds. The Bertz CT molecular complexity index is 644. The summed E-state index contributed by atoms with van der Waals surface area (Å²) in [5.41, 5.74) is 1.44. The molecule has 4 heteroatoms. The second kappa shape index (κ2) is 5.32. The summed E-state index contributed by atoms with van der Waals surface area (Å²) < 4.78 is 12.8. The molecule has 0 fully saturated rings. The van der Waals surface area contributed by atoms with Crippen molar-refractivity contribution < 1.29 is 9.18 Å². The zero-order valence-corrected chi connectivity index (χ0v) is 10.3. The van der Waals surface area contributed by atoms with Crippen molar-refractivity contribution in [2.75, 3.05) is 11.9 Å². The fourth-order valence-corrected chi connectivity index (χ4v) is 1.70. The maximum atomic E-state index is 12.8. The summed E-state index contributed by atoms with van der Waals surface area (Å²) in [6, 6.07) is 14.1. The summed E-state index contributed by atoms with van der Waals surface area (Å²) in [5, 5.41) is 8.81. The second-order valence-electron chi connectivity index (χ2n) is 4.03. The van der Waals surface area contributed by atoms with Crippen LogP contribution in [0.2, 0.25) is 0 Å². The standard InChI is InChI=1S/C15H11FN2O/c1-18(14-7-5-13(16)6-8-14)15(19)12-4-2-3-11(9-12)10-17/h2-9H,1H3. The molecule has 0 aliphatic carbocycles. The van der Waals surface area contributed by atoms with E-state index in [2.05, 4.69) is 0 Å². The molecule has 0 aliphatic heterocycles. The molecular weight excluding hydrogens is 243 g/mol. The van der Waals surface area contributed by atoms with Crippen LogP contribution in [-0.2, 0) is 0 Å². The molecule has 19 heavy (non-hydrogen) atoms. The third-order valence-corrected chi connectivity index (χ3v) is 2.76. The first kappa shape index (κ1) is 12.8. The molecule has 0 spiro atoms. The Labute approximate surface area is 110 Å². The molecule has 0 bridgehead atoms. The molecule has 94 valence electrons. The van der Waals surface area contributed by atoms with Crippen molar-refractivity contribution in [1.82, 2.24) is 0 Å². The van der Waals surface area contributed by atoms with E-state index in [0.29, 0.717) is 16.8 Å². The Morgan fingerprint density at radius 3 is 2.53 bits per heavy atom. The number of hydrogen-bond donors (Lipinski definition) is 0. The Balaban J connectivity index is 2.28. The van der Waals surface area contributed by atoms with E-state index in [1.807, 2.05) is 6.07 Å². The first-order valence-electron chi connectivity index (χ1n) is 5.65. The van der Waals surface area contributed by atoms with Gasteiger partial charge in [0.05, 0.1) is 11.6 Å². The number of rotatable bonds is 2. The molecule has 0 aromatic heterocycles. The Morgan fingerprint density at radius 2 is 1.89 bits per heavy atom. The van der Waals surface area contributed by atoms with Crippen molar-refractivity contribution in [1.29, 1.82) is 5.26 Å². The quantitative estimate of drug-likeness (QED) is 0.827. The zero-order chi connectivity index (χ0) is 13.8. The number of hydrogen-bond acceptors (Lipinski definition) is 2. The summed E-state index contributed by atoms with van der Waals surface area (Å²) in [7, 11) is 1.61. The fraction of sp³-hybridized carbons (Fsp3) is 0.0667. The number of amides is 1. The topological polar surface area (TPSA) is 44.1 Å². The maximum absolute atomic E-state index is 12.8. The minimum Gasteiger partial charge on any atom is -0.311 e. The van der Waals surface area contributed by atoms with Gasteiger partial charge in [-0.2, -0.15) is 5.26 Å². The zero-order valence-electron chi connectivity index (χ0n) is 10.3. The van der Waals surface area contributed by atoms with Crippen LogP contribution >= 0.6 is 0 Å². The van der Waals surface area contributed by atoms with Crippen LogP contribution in [0.5, 0.6) is 0 Å². The molecule has 0 unspecified atom stereocenters. The number of anilines is 1. The van der Waals surface area contributed by atoms with Gasteiger partial charge in [0.1, 0.15) is 5.82 Å². The monoisotopic (exact) mass is 254 g/mol. The number of carbonyl (C=O) groups is 1. The summed E-state index contributed by atoms with van der Waals surface area (Å²) >= 11 is 0. The van der Waals surface area contributed by atoms with E-state index < -0.39 is 0 Å². The lowest BCUT2D eigenvalue weighted by molar-refractivity contribution is 0.0993. The van der Waals surface area contributed by atoms with Gasteiger partial charge in [-0.05, 0) is 42.5 Å². The molecule has 0 atom stereocenters. The average Bonchev–Trinajstić information content (AvgIpc) is 2.46. The van der Waals surface area contributed by atoms with Crippen LogP contribution in [0.1, 0.15) is 15.9 Å². The SMILES string of the molecule is CN(C(=O)c1cccc(C#N)c1)c1ccc(F)cc1. The average molecular weight is 254 g/mol. The van der Waals surface area contributed by atoms with Crippen LogP contribution in [0.25, 0.3) is 0 Å². The summed E-state index contributed by atoms with van der Waals surface area (Å²) in [6.07, 6.45) is 0. The highest BCUT2D eigenvalue weighted by Gasteiger charge is 2.13. The number of carbonyl (C=O) groups excluding carboxylic acids is 1. The second-order valence-corrected chi connectivity index (χ2v) is 4.03. The number of benzene rings is 2. The predicted octanol–water partition coefficient (Wildman–Crippen LogP) is 2.97. The summed E-state index contributed by atoms with van der Waals surface area (Å²) in [6.45, 7) is 0. The van der Waals surface area contributed by atoms with Gasteiger partial charge in [-0.1, -0.05) is 6.07 Å². The van der Waals surface area contributed by atoms with E-state index in [1.54, 1.807) is 25.2 Å². The van der Waals surface area contributed by atoms with E-state index in [-0.39, 0.29) is 11.7 Å². The molecule has 2 rings (SSSR count). The molecular formula is C15H11FN2O. The van der Waals surface area contributed by atoms with Crippen LogP contribution in [-0.4, -0.2) is 13.0 Å². The lowest BCUT2D eigenvalue weighted by Crippen LogP contribution is -2.26. The van der Waals surface area contributed by atoms with E-state index in [9.17, 15) is 9.18 Å². The van der Waals surface area contributed by atoms with Crippen molar-refractivity contribution >= 4 is 11.6 Å². The van der Waals surface area contributed by atoms with Gasteiger partial charge >= 0.3 is 0 Å². The van der Waals surface area contributed by atoms with Crippen molar-refractivity contribution in [2.45, 2.75) is 0 Å². The first-order chi connectivity index (χ1) is 9.11. The predicted molar refractivity (Wildman–Crippen MR) is 70.3 cm³/mol. The smallest absolute Gasteiger partial charge is 0.258 e. The van der Waals surface area contributed by atoms with Crippen molar-refractivity contribution in [3.8, 4) is 6.07 Å². The van der Waals surface area contributed by atoms with E-state index >= 15 is 0 Å². The fourth-order valence-electron chi connectivity index (χ4n) is 1.70. The number of nitriles is 1. The summed E-state index contributed by atoms with van der Waals surface area (Å²) in [5.74, 6) is -0.597. The third-order valence-electron chi connectivity index (χ3n) is 2.76. The van der Waals surface area contributed by atoms with Crippen LogP contribution in [0.15, 0.2) is 48.5 Å². The molecule has 3 nitrogen and oxygen atoms in total. The molecule has 0 heterocycles. The molecule has 2 aromatic carbocycles. The van der Waals surface area contributed by atoms with E-state index in [4.69, 9.17) is 5.26 Å². The molecule has 0 radical (unpaired) electrons. The van der Waals surface area contributed by atoms with Crippen molar-refractivity contribution in [3.05, 3.63) is 65.5 Å². The van der Waals surface area contributed by atoms with E-state index in [0.717, 1.165) is 0 Å².